The number of nitrogens with one attached hydrogen (secondary N) is 1. The van der Waals surface area contributed by atoms with E-state index >= 15 is 0 Å². The van der Waals surface area contributed by atoms with Crippen LogP contribution in [0.2, 0.25) is 0 Å². The first kappa shape index (κ1) is 11.5. The molecular weight excluding hydrogens is 172 g/mol. The smallest absolute Gasteiger partial charge is 0.0983 e. The zero-order chi connectivity index (χ0) is 10.7. The van der Waals surface area contributed by atoms with E-state index in [9.17, 15) is 0 Å². The van der Waals surface area contributed by atoms with Gasteiger partial charge in [-0.1, -0.05) is 20.8 Å². The minimum atomic E-state index is 0.361. The van der Waals surface area contributed by atoms with Crippen molar-refractivity contribution in [2.45, 2.75) is 52.5 Å². The molecule has 1 aliphatic carbocycles. The molecule has 1 aliphatic rings. The molecule has 0 aromatic carbocycles. The maximum atomic E-state index is 7.96. The van der Waals surface area contributed by atoms with Crippen molar-refractivity contribution in [2.24, 2.45) is 11.8 Å². The predicted molar refractivity (Wildman–Crippen MR) is 61.7 cm³/mol. The standard InChI is InChI=1S/C12H24N2/c1-9(2)12(13)14(4)11-7-5-10(3)6-8-11/h9-11,13H,5-8H2,1-4H3. The lowest BCUT2D eigenvalue weighted by atomic mass is 9.86. The SMILES string of the molecule is CC1CCC(N(C)C(=N)C(C)C)CC1. The van der Waals surface area contributed by atoms with Crippen molar-refractivity contribution < 1.29 is 0 Å². The van der Waals surface area contributed by atoms with Gasteiger partial charge in [-0.05, 0) is 31.6 Å². The van der Waals surface area contributed by atoms with Gasteiger partial charge in [-0.3, -0.25) is 5.41 Å². The molecule has 0 aliphatic heterocycles. The second-order valence-electron chi connectivity index (χ2n) is 5.06. The quantitative estimate of drug-likeness (QED) is 0.533. The van der Waals surface area contributed by atoms with E-state index in [4.69, 9.17) is 5.41 Å². The van der Waals surface area contributed by atoms with E-state index in [0.717, 1.165) is 11.8 Å². The van der Waals surface area contributed by atoms with Gasteiger partial charge in [-0.2, -0.15) is 0 Å². The molecule has 0 amide bonds. The lowest BCUT2D eigenvalue weighted by Gasteiger charge is -2.36. The fourth-order valence-electron chi connectivity index (χ4n) is 2.23. The predicted octanol–water partition coefficient (Wildman–Crippen LogP) is 3.13. The molecule has 0 spiro atoms. The van der Waals surface area contributed by atoms with Crippen LogP contribution in [0.3, 0.4) is 0 Å². The van der Waals surface area contributed by atoms with Gasteiger partial charge in [-0.15, -0.1) is 0 Å². The third-order valence-corrected chi connectivity index (χ3v) is 3.46. The average molecular weight is 196 g/mol. The van der Waals surface area contributed by atoms with Crippen LogP contribution in [0.4, 0.5) is 0 Å². The molecule has 0 heterocycles. The summed E-state index contributed by atoms with van der Waals surface area (Å²) >= 11 is 0. The Bertz CT molecular complexity index is 190. The summed E-state index contributed by atoms with van der Waals surface area (Å²) in [6.07, 6.45) is 5.21. The molecule has 2 nitrogen and oxygen atoms in total. The monoisotopic (exact) mass is 196 g/mol. The summed E-state index contributed by atoms with van der Waals surface area (Å²) in [5.74, 6) is 2.05. The number of hydrogen-bond donors (Lipinski definition) is 1. The summed E-state index contributed by atoms with van der Waals surface area (Å²) in [7, 11) is 2.09. The summed E-state index contributed by atoms with van der Waals surface area (Å²) in [6.45, 7) is 6.54. The average Bonchev–Trinajstić information content (AvgIpc) is 2.16. The number of hydrogen-bond acceptors (Lipinski definition) is 1. The third-order valence-electron chi connectivity index (χ3n) is 3.46. The van der Waals surface area contributed by atoms with Crippen LogP contribution in [0.25, 0.3) is 0 Å². The Hall–Kier alpha value is -0.530. The lowest BCUT2D eigenvalue weighted by molar-refractivity contribution is 0.232. The highest BCUT2D eigenvalue weighted by molar-refractivity contribution is 5.81. The van der Waals surface area contributed by atoms with Crippen molar-refractivity contribution in [1.82, 2.24) is 4.90 Å². The molecule has 1 N–H and O–H groups in total. The van der Waals surface area contributed by atoms with Crippen LogP contribution in [-0.4, -0.2) is 23.8 Å². The molecule has 82 valence electrons. The van der Waals surface area contributed by atoms with Crippen molar-refractivity contribution >= 4 is 5.84 Å². The summed E-state index contributed by atoms with van der Waals surface area (Å²) in [5, 5.41) is 7.96. The van der Waals surface area contributed by atoms with Crippen molar-refractivity contribution in [3.8, 4) is 0 Å². The van der Waals surface area contributed by atoms with Gasteiger partial charge in [-0.25, -0.2) is 0 Å². The normalized spacial score (nSPS) is 27.8. The molecule has 14 heavy (non-hydrogen) atoms. The summed E-state index contributed by atoms with van der Waals surface area (Å²) < 4.78 is 0. The van der Waals surface area contributed by atoms with Crippen LogP contribution in [0.5, 0.6) is 0 Å². The summed E-state index contributed by atoms with van der Waals surface area (Å²) in [4.78, 5) is 2.19. The number of amidine groups is 1. The molecule has 0 bridgehead atoms. The van der Waals surface area contributed by atoms with E-state index in [0.29, 0.717) is 12.0 Å². The third kappa shape index (κ3) is 2.73. The summed E-state index contributed by atoms with van der Waals surface area (Å²) in [5.41, 5.74) is 0. The zero-order valence-corrected chi connectivity index (χ0v) is 10.0. The molecule has 0 aromatic heterocycles. The fourth-order valence-corrected chi connectivity index (χ4v) is 2.23. The first-order valence-electron chi connectivity index (χ1n) is 5.83. The van der Waals surface area contributed by atoms with Gasteiger partial charge in [0.1, 0.15) is 0 Å². The van der Waals surface area contributed by atoms with Crippen molar-refractivity contribution in [3.05, 3.63) is 0 Å². The van der Waals surface area contributed by atoms with Crippen LogP contribution in [0, 0.1) is 17.2 Å². The Kier molecular flexibility index (Phi) is 3.97. The molecule has 0 aromatic rings. The van der Waals surface area contributed by atoms with Gasteiger partial charge in [0.25, 0.3) is 0 Å². The molecule has 1 fully saturated rings. The molecule has 0 unspecified atom stereocenters. The van der Waals surface area contributed by atoms with Crippen LogP contribution in [0.1, 0.15) is 46.5 Å². The molecular formula is C12H24N2. The zero-order valence-electron chi connectivity index (χ0n) is 10.0. The van der Waals surface area contributed by atoms with E-state index in [-0.39, 0.29) is 0 Å². The van der Waals surface area contributed by atoms with Crippen LogP contribution in [0.15, 0.2) is 0 Å². The molecule has 2 heteroatoms. The van der Waals surface area contributed by atoms with Gasteiger partial charge in [0, 0.05) is 19.0 Å². The first-order chi connectivity index (χ1) is 6.52. The maximum Gasteiger partial charge on any atom is 0.0983 e. The van der Waals surface area contributed by atoms with E-state index in [1.54, 1.807) is 0 Å². The second kappa shape index (κ2) is 4.81. The Morgan fingerprint density at radius 3 is 2.14 bits per heavy atom. The van der Waals surface area contributed by atoms with Crippen molar-refractivity contribution in [1.29, 1.82) is 5.41 Å². The van der Waals surface area contributed by atoms with Gasteiger partial charge in [0.15, 0.2) is 0 Å². The minimum absolute atomic E-state index is 0.361. The van der Waals surface area contributed by atoms with Crippen molar-refractivity contribution in [3.63, 3.8) is 0 Å². The van der Waals surface area contributed by atoms with Gasteiger partial charge in [0.2, 0.25) is 0 Å². The van der Waals surface area contributed by atoms with Crippen LogP contribution in [-0.2, 0) is 0 Å². The highest BCUT2D eigenvalue weighted by Crippen LogP contribution is 2.27. The van der Waals surface area contributed by atoms with Gasteiger partial charge >= 0.3 is 0 Å². The molecule has 0 atom stereocenters. The molecule has 0 radical (unpaired) electrons. The van der Waals surface area contributed by atoms with E-state index in [2.05, 4.69) is 32.7 Å². The highest BCUT2D eigenvalue weighted by Gasteiger charge is 2.23. The topological polar surface area (TPSA) is 27.1 Å². The molecule has 1 rings (SSSR count). The van der Waals surface area contributed by atoms with Gasteiger partial charge in [0.05, 0.1) is 5.84 Å². The lowest BCUT2D eigenvalue weighted by Crippen LogP contribution is -2.40. The number of rotatable bonds is 2. The Balaban J connectivity index is 2.45. The van der Waals surface area contributed by atoms with E-state index < -0.39 is 0 Å². The Morgan fingerprint density at radius 1 is 1.21 bits per heavy atom. The van der Waals surface area contributed by atoms with Crippen LogP contribution >= 0.6 is 0 Å². The largest absolute Gasteiger partial charge is 0.360 e. The second-order valence-corrected chi connectivity index (χ2v) is 5.06. The minimum Gasteiger partial charge on any atom is -0.360 e. The van der Waals surface area contributed by atoms with Crippen molar-refractivity contribution in [2.75, 3.05) is 7.05 Å². The Morgan fingerprint density at radius 2 is 1.71 bits per heavy atom. The van der Waals surface area contributed by atoms with Crippen LogP contribution < -0.4 is 0 Å². The van der Waals surface area contributed by atoms with E-state index in [1.165, 1.54) is 25.7 Å². The molecule has 0 saturated heterocycles. The Labute approximate surface area is 88.2 Å². The maximum absolute atomic E-state index is 7.96. The summed E-state index contributed by atoms with van der Waals surface area (Å²) in [6, 6.07) is 0.626. The molecule has 1 saturated carbocycles. The van der Waals surface area contributed by atoms with E-state index in [1.807, 2.05) is 0 Å². The fraction of sp³-hybridized carbons (Fsp3) is 0.917. The highest BCUT2D eigenvalue weighted by atomic mass is 15.2. The van der Waals surface area contributed by atoms with Gasteiger partial charge < -0.3 is 4.90 Å². The first-order valence-corrected chi connectivity index (χ1v) is 5.83. The number of nitrogens with zero attached hydrogens (tertiary/aromatic N) is 1.